The molecule has 2 aromatic rings. The predicted octanol–water partition coefficient (Wildman–Crippen LogP) is 5.69. The maximum Gasteiger partial charge on any atom is 0.399 e. The summed E-state index contributed by atoms with van der Waals surface area (Å²) in [5.74, 6) is -1.68. The zero-order chi connectivity index (χ0) is 14.0. The quantitative estimate of drug-likeness (QED) is 0.669. The molecule has 5 heteroatoms. The fourth-order valence-electron chi connectivity index (χ4n) is 1.88. The molecule has 0 aromatic heterocycles. The molecule has 0 unspecified atom stereocenters. The van der Waals surface area contributed by atoms with Crippen molar-refractivity contribution < 1.29 is 13.2 Å². The first-order valence-corrected chi connectivity index (χ1v) is 6.21. The van der Waals surface area contributed by atoms with Crippen molar-refractivity contribution in [3.05, 3.63) is 69.7 Å². The molecule has 0 aliphatic heterocycles. The highest BCUT2D eigenvalue weighted by molar-refractivity contribution is 6.30. The Kier molecular flexibility index (Phi) is 4.07. The Morgan fingerprint density at radius 3 is 1.26 bits per heavy atom. The van der Waals surface area contributed by atoms with E-state index >= 15 is 0 Å². The third-order valence-corrected chi connectivity index (χ3v) is 3.24. The third kappa shape index (κ3) is 3.43. The van der Waals surface area contributed by atoms with Gasteiger partial charge in [-0.3, -0.25) is 0 Å². The summed E-state index contributed by atoms with van der Waals surface area (Å²) in [6.07, 6.45) is -4.37. The van der Waals surface area contributed by atoms with Crippen LogP contribution in [-0.4, -0.2) is 6.18 Å². The highest BCUT2D eigenvalue weighted by Crippen LogP contribution is 2.40. The summed E-state index contributed by atoms with van der Waals surface area (Å²) < 4.78 is 39.7. The van der Waals surface area contributed by atoms with Gasteiger partial charge in [-0.25, -0.2) is 0 Å². The fraction of sp³-hybridized carbons (Fsp3) is 0.143. The maximum absolute atomic E-state index is 13.2. The van der Waals surface area contributed by atoms with Crippen LogP contribution in [0.5, 0.6) is 0 Å². The van der Waals surface area contributed by atoms with Crippen LogP contribution in [0.4, 0.5) is 13.2 Å². The van der Waals surface area contributed by atoms with Gasteiger partial charge in [0, 0.05) is 10.0 Å². The summed E-state index contributed by atoms with van der Waals surface area (Å²) in [4.78, 5) is 0. The molecular formula is C14H9Cl2F3. The van der Waals surface area contributed by atoms with E-state index < -0.39 is 12.1 Å². The molecule has 0 saturated heterocycles. The third-order valence-electron chi connectivity index (χ3n) is 2.73. The first-order chi connectivity index (χ1) is 8.88. The van der Waals surface area contributed by atoms with Gasteiger partial charge in [-0.15, -0.1) is 0 Å². The molecule has 0 atom stereocenters. The van der Waals surface area contributed by atoms with Gasteiger partial charge in [-0.1, -0.05) is 47.5 Å². The topological polar surface area (TPSA) is 0 Å². The molecule has 0 fully saturated rings. The minimum atomic E-state index is -4.37. The van der Waals surface area contributed by atoms with E-state index in [9.17, 15) is 13.2 Å². The van der Waals surface area contributed by atoms with Crippen LogP contribution >= 0.6 is 23.2 Å². The van der Waals surface area contributed by atoms with Crippen molar-refractivity contribution in [2.24, 2.45) is 0 Å². The maximum atomic E-state index is 13.2. The Labute approximate surface area is 118 Å². The second-order valence-corrected chi connectivity index (χ2v) is 4.95. The molecule has 0 aliphatic carbocycles. The second kappa shape index (κ2) is 5.43. The highest BCUT2D eigenvalue weighted by atomic mass is 35.5. The lowest BCUT2D eigenvalue weighted by Gasteiger charge is -2.21. The van der Waals surface area contributed by atoms with Crippen molar-refractivity contribution in [1.82, 2.24) is 0 Å². The molecule has 2 aromatic carbocycles. The van der Waals surface area contributed by atoms with E-state index in [2.05, 4.69) is 0 Å². The van der Waals surface area contributed by atoms with Gasteiger partial charge in [0.1, 0.15) is 5.92 Å². The van der Waals surface area contributed by atoms with Crippen LogP contribution in [0.15, 0.2) is 48.5 Å². The van der Waals surface area contributed by atoms with Crippen molar-refractivity contribution in [2.45, 2.75) is 12.1 Å². The van der Waals surface area contributed by atoms with Crippen LogP contribution in [0.3, 0.4) is 0 Å². The van der Waals surface area contributed by atoms with Crippen LogP contribution < -0.4 is 0 Å². The summed E-state index contributed by atoms with van der Waals surface area (Å²) in [7, 11) is 0. The minimum Gasteiger partial charge on any atom is -0.170 e. The van der Waals surface area contributed by atoms with Crippen LogP contribution in [0.25, 0.3) is 0 Å². The molecule has 0 heterocycles. The molecular weight excluding hydrogens is 296 g/mol. The van der Waals surface area contributed by atoms with Gasteiger partial charge in [-0.2, -0.15) is 13.2 Å². The number of hydrogen-bond donors (Lipinski definition) is 0. The number of benzene rings is 2. The summed E-state index contributed by atoms with van der Waals surface area (Å²) in [5.41, 5.74) is 0.304. The zero-order valence-corrected chi connectivity index (χ0v) is 11.1. The lowest BCUT2D eigenvalue weighted by atomic mass is 9.91. The van der Waals surface area contributed by atoms with Gasteiger partial charge < -0.3 is 0 Å². The summed E-state index contributed by atoms with van der Waals surface area (Å²) in [5, 5.41) is 0.807. The minimum absolute atomic E-state index is 0.152. The van der Waals surface area contributed by atoms with Gasteiger partial charge in [0.25, 0.3) is 0 Å². The van der Waals surface area contributed by atoms with Crippen molar-refractivity contribution in [2.75, 3.05) is 0 Å². The van der Waals surface area contributed by atoms with Crippen molar-refractivity contribution in [1.29, 1.82) is 0 Å². The molecule has 2 rings (SSSR count). The Morgan fingerprint density at radius 2 is 1.00 bits per heavy atom. The Balaban J connectivity index is 2.47. The number of hydrogen-bond acceptors (Lipinski definition) is 0. The summed E-state index contributed by atoms with van der Waals surface area (Å²) in [6.45, 7) is 0. The zero-order valence-electron chi connectivity index (χ0n) is 9.59. The summed E-state index contributed by atoms with van der Waals surface area (Å²) in [6, 6.07) is 11.3. The first kappa shape index (κ1) is 14.2. The van der Waals surface area contributed by atoms with Crippen LogP contribution in [0, 0.1) is 0 Å². The number of rotatable bonds is 2. The van der Waals surface area contributed by atoms with Gasteiger partial charge >= 0.3 is 6.18 Å². The number of alkyl halides is 3. The van der Waals surface area contributed by atoms with Crippen LogP contribution in [-0.2, 0) is 0 Å². The monoisotopic (exact) mass is 304 g/mol. The van der Waals surface area contributed by atoms with Gasteiger partial charge in [0.15, 0.2) is 0 Å². The lowest BCUT2D eigenvalue weighted by molar-refractivity contribution is -0.141. The van der Waals surface area contributed by atoms with E-state index in [-0.39, 0.29) is 11.1 Å². The molecule has 100 valence electrons. The molecule has 0 spiro atoms. The van der Waals surface area contributed by atoms with Gasteiger partial charge in [0.2, 0.25) is 0 Å². The van der Waals surface area contributed by atoms with Crippen molar-refractivity contribution >= 4 is 23.2 Å². The van der Waals surface area contributed by atoms with Gasteiger partial charge in [0.05, 0.1) is 0 Å². The number of halogens is 5. The lowest BCUT2D eigenvalue weighted by Crippen LogP contribution is -2.21. The smallest absolute Gasteiger partial charge is 0.170 e. The highest BCUT2D eigenvalue weighted by Gasteiger charge is 2.41. The van der Waals surface area contributed by atoms with E-state index in [1.807, 2.05) is 0 Å². The van der Waals surface area contributed by atoms with Crippen molar-refractivity contribution in [3.63, 3.8) is 0 Å². The molecule has 19 heavy (non-hydrogen) atoms. The molecule has 0 bridgehead atoms. The first-order valence-electron chi connectivity index (χ1n) is 5.45. The fourth-order valence-corrected chi connectivity index (χ4v) is 2.13. The molecule has 0 aliphatic rings. The van der Waals surface area contributed by atoms with Crippen LogP contribution in [0.1, 0.15) is 17.0 Å². The molecule has 0 nitrogen and oxygen atoms in total. The van der Waals surface area contributed by atoms with E-state index in [4.69, 9.17) is 23.2 Å². The molecule has 0 saturated carbocycles. The summed E-state index contributed by atoms with van der Waals surface area (Å²) >= 11 is 11.4. The molecule has 0 radical (unpaired) electrons. The second-order valence-electron chi connectivity index (χ2n) is 4.08. The Bertz CT molecular complexity index is 499. The molecule has 0 amide bonds. The van der Waals surface area contributed by atoms with E-state index in [1.165, 1.54) is 48.5 Å². The van der Waals surface area contributed by atoms with E-state index in [0.29, 0.717) is 10.0 Å². The van der Waals surface area contributed by atoms with Crippen molar-refractivity contribution in [3.8, 4) is 0 Å². The Hall–Kier alpha value is -1.19. The van der Waals surface area contributed by atoms with Gasteiger partial charge in [-0.05, 0) is 35.4 Å². The average Bonchev–Trinajstić information content (AvgIpc) is 2.33. The Morgan fingerprint density at radius 1 is 0.684 bits per heavy atom. The average molecular weight is 305 g/mol. The van der Waals surface area contributed by atoms with Crippen LogP contribution in [0.2, 0.25) is 10.0 Å². The standard InChI is InChI=1S/C14H9Cl2F3/c15-11-5-1-9(2-6-11)13(14(17,18)19)10-3-7-12(16)8-4-10/h1-8,13H. The SMILES string of the molecule is FC(F)(F)C(c1ccc(Cl)cc1)c1ccc(Cl)cc1. The largest absolute Gasteiger partial charge is 0.399 e. The predicted molar refractivity (Wildman–Crippen MR) is 70.8 cm³/mol. The normalized spacial score (nSPS) is 11.9. The van der Waals surface area contributed by atoms with E-state index in [0.717, 1.165) is 0 Å². The molecule has 0 N–H and O–H groups in total. The van der Waals surface area contributed by atoms with E-state index in [1.54, 1.807) is 0 Å².